The second-order valence-corrected chi connectivity index (χ2v) is 9.26. The van der Waals surface area contributed by atoms with Crippen molar-refractivity contribution < 1.29 is 19.4 Å². The number of nitrogens with one attached hydrogen (secondary N) is 1. The van der Waals surface area contributed by atoms with Crippen LogP contribution in [0.15, 0.2) is 4.79 Å². The highest BCUT2D eigenvalue weighted by Gasteiger charge is 2.22. The van der Waals surface area contributed by atoms with Crippen LogP contribution in [0, 0.1) is 6.92 Å². The Kier molecular flexibility index (Phi) is 8.54. The third kappa shape index (κ3) is 6.34. The molecule has 0 saturated heterocycles. The summed E-state index contributed by atoms with van der Waals surface area (Å²) in [5, 5.41) is 10.7. The number of hydrogen-bond acceptors (Lipinski definition) is 8. The molecule has 0 spiro atoms. The lowest BCUT2D eigenvalue weighted by Crippen LogP contribution is -2.39. The zero-order valence-corrected chi connectivity index (χ0v) is 19.6. The van der Waals surface area contributed by atoms with Gasteiger partial charge in [0.15, 0.2) is 0 Å². The van der Waals surface area contributed by atoms with Crippen molar-refractivity contribution in [2.24, 2.45) is 0 Å². The third-order valence-corrected chi connectivity index (χ3v) is 5.69. The highest BCUT2D eigenvalue weighted by Crippen LogP contribution is 2.28. The van der Waals surface area contributed by atoms with Gasteiger partial charge in [0.25, 0.3) is 5.56 Å². The van der Waals surface area contributed by atoms with E-state index < -0.39 is 12.1 Å². The van der Waals surface area contributed by atoms with Gasteiger partial charge in [-0.05, 0) is 54.0 Å². The summed E-state index contributed by atoms with van der Waals surface area (Å²) in [6.45, 7) is 14.2. The van der Waals surface area contributed by atoms with E-state index >= 15 is 0 Å². The van der Waals surface area contributed by atoms with Gasteiger partial charge in [-0.2, -0.15) is 0 Å². The van der Waals surface area contributed by atoms with Crippen LogP contribution in [0.3, 0.4) is 0 Å². The zero-order chi connectivity index (χ0) is 22.6. The number of esters is 1. The zero-order valence-electron chi connectivity index (χ0n) is 18.8. The Labute approximate surface area is 181 Å². The summed E-state index contributed by atoms with van der Waals surface area (Å²) < 4.78 is 10.8. The second-order valence-electron chi connectivity index (χ2n) is 8.26. The van der Waals surface area contributed by atoms with E-state index in [0.29, 0.717) is 39.6 Å². The van der Waals surface area contributed by atoms with Gasteiger partial charge < -0.3 is 19.6 Å². The minimum atomic E-state index is -0.647. The summed E-state index contributed by atoms with van der Waals surface area (Å²) in [5.41, 5.74) is 0.308. The minimum Gasteiger partial charge on any atom is -0.459 e. The van der Waals surface area contributed by atoms with E-state index in [9.17, 15) is 14.7 Å². The number of ether oxygens (including phenoxy) is 2. The van der Waals surface area contributed by atoms with Crippen molar-refractivity contribution in [1.82, 2.24) is 14.9 Å². The van der Waals surface area contributed by atoms with Crippen LogP contribution in [0.4, 0.5) is 0 Å². The summed E-state index contributed by atoms with van der Waals surface area (Å²) in [4.78, 5) is 35.4. The lowest BCUT2D eigenvalue weighted by Gasteiger charge is -2.28. The smallest absolute Gasteiger partial charge is 0.348 e. The van der Waals surface area contributed by atoms with E-state index in [2.05, 4.69) is 9.97 Å². The monoisotopic (exact) mass is 439 g/mol. The fourth-order valence-electron chi connectivity index (χ4n) is 3.00. The number of aliphatic hydroxyl groups is 1. The van der Waals surface area contributed by atoms with Gasteiger partial charge in [0.05, 0.1) is 36.8 Å². The standard InChI is InChI=1S/C21H33N3O5S/c1-11(2)24(8-15(25)10-28-12(3)4)9-16-22-19(26)17-14(7)18(30-20(17)23-16)21(27)29-13(5)6/h11-13,15,25H,8-10H2,1-7H3,(H,22,23,26). The number of carbonyl (C=O) groups excluding carboxylic acids is 1. The van der Waals surface area contributed by atoms with Crippen LogP contribution in [0.1, 0.15) is 62.6 Å². The maximum atomic E-state index is 12.7. The average Bonchev–Trinajstić information content (AvgIpc) is 2.96. The Morgan fingerprint density at radius 2 is 1.87 bits per heavy atom. The summed E-state index contributed by atoms with van der Waals surface area (Å²) in [6, 6.07) is 0.126. The summed E-state index contributed by atoms with van der Waals surface area (Å²) in [7, 11) is 0. The lowest BCUT2D eigenvalue weighted by atomic mass is 10.2. The number of aliphatic hydroxyl groups excluding tert-OH is 1. The normalized spacial score (nSPS) is 13.2. The van der Waals surface area contributed by atoms with Gasteiger partial charge in [-0.1, -0.05) is 0 Å². The highest BCUT2D eigenvalue weighted by molar-refractivity contribution is 7.20. The van der Waals surface area contributed by atoms with Crippen molar-refractivity contribution in [3.8, 4) is 0 Å². The van der Waals surface area contributed by atoms with Crippen LogP contribution in [0.25, 0.3) is 10.2 Å². The molecule has 0 aromatic carbocycles. The molecule has 0 saturated carbocycles. The van der Waals surface area contributed by atoms with Crippen LogP contribution < -0.4 is 5.56 Å². The van der Waals surface area contributed by atoms with Gasteiger partial charge in [-0.15, -0.1) is 11.3 Å². The molecular weight excluding hydrogens is 406 g/mol. The number of nitrogens with zero attached hydrogens (tertiary/aromatic N) is 2. The van der Waals surface area contributed by atoms with E-state index in [0.717, 1.165) is 0 Å². The van der Waals surface area contributed by atoms with E-state index in [-0.39, 0.29) is 30.4 Å². The van der Waals surface area contributed by atoms with Gasteiger partial charge in [-0.25, -0.2) is 9.78 Å². The Morgan fingerprint density at radius 3 is 2.43 bits per heavy atom. The molecule has 0 aliphatic heterocycles. The number of aromatic nitrogens is 2. The molecule has 0 fully saturated rings. The Bertz CT molecular complexity index is 919. The molecule has 2 aromatic heterocycles. The molecule has 168 valence electrons. The summed E-state index contributed by atoms with van der Waals surface area (Å²) >= 11 is 1.17. The van der Waals surface area contributed by atoms with Crippen LogP contribution >= 0.6 is 11.3 Å². The number of thiophene rings is 1. The van der Waals surface area contributed by atoms with Crippen molar-refractivity contribution in [1.29, 1.82) is 0 Å². The number of H-pyrrole nitrogens is 1. The van der Waals surface area contributed by atoms with E-state index in [4.69, 9.17) is 9.47 Å². The molecule has 0 amide bonds. The molecule has 2 N–H and O–H groups in total. The second kappa shape index (κ2) is 10.5. The van der Waals surface area contributed by atoms with Gasteiger partial charge in [-0.3, -0.25) is 9.69 Å². The number of hydrogen-bond donors (Lipinski definition) is 2. The van der Waals surface area contributed by atoms with E-state index in [1.54, 1.807) is 20.8 Å². The summed E-state index contributed by atoms with van der Waals surface area (Å²) in [5.74, 6) is 0.0479. The van der Waals surface area contributed by atoms with Crippen molar-refractivity contribution in [3.05, 3.63) is 26.6 Å². The third-order valence-electron chi connectivity index (χ3n) is 4.53. The molecule has 9 heteroatoms. The molecule has 2 heterocycles. The SMILES string of the molecule is Cc1c(C(=O)OC(C)C)sc2nc(CN(CC(O)COC(C)C)C(C)C)[nH]c(=O)c12. The fourth-order valence-corrected chi connectivity index (χ4v) is 4.09. The minimum absolute atomic E-state index is 0.0474. The number of fused-ring (bicyclic) bond motifs is 1. The van der Waals surface area contributed by atoms with Crippen LogP contribution in [-0.4, -0.2) is 63.4 Å². The largest absolute Gasteiger partial charge is 0.459 e. The van der Waals surface area contributed by atoms with Gasteiger partial charge >= 0.3 is 5.97 Å². The molecule has 2 rings (SSSR count). The maximum absolute atomic E-state index is 12.7. The first-order chi connectivity index (χ1) is 14.0. The fraction of sp³-hybridized carbons (Fsp3) is 0.667. The predicted molar refractivity (Wildman–Crippen MR) is 118 cm³/mol. The highest BCUT2D eigenvalue weighted by atomic mass is 32.1. The maximum Gasteiger partial charge on any atom is 0.348 e. The van der Waals surface area contributed by atoms with Crippen LogP contribution in [0.5, 0.6) is 0 Å². The molecule has 0 radical (unpaired) electrons. The van der Waals surface area contributed by atoms with Gasteiger partial charge in [0.2, 0.25) is 0 Å². The van der Waals surface area contributed by atoms with Gasteiger partial charge in [0.1, 0.15) is 15.5 Å². The predicted octanol–water partition coefficient (Wildman–Crippen LogP) is 2.85. The molecule has 30 heavy (non-hydrogen) atoms. The number of aryl methyl sites for hydroxylation is 1. The Hall–Kier alpha value is -1.81. The van der Waals surface area contributed by atoms with Crippen molar-refractivity contribution in [2.45, 2.75) is 79.4 Å². The molecule has 2 aromatic rings. The molecule has 1 unspecified atom stereocenters. The Morgan fingerprint density at radius 1 is 1.20 bits per heavy atom. The first-order valence-corrected chi connectivity index (χ1v) is 11.1. The van der Waals surface area contributed by atoms with Crippen molar-refractivity contribution in [2.75, 3.05) is 13.2 Å². The molecular formula is C21H33N3O5S. The van der Waals surface area contributed by atoms with Crippen molar-refractivity contribution in [3.63, 3.8) is 0 Å². The van der Waals surface area contributed by atoms with Gasteiger partial charge in [0, 0.05) is 12.6 Å². The van der Waals surface area contributed by atoms with Crippen LogP contribution in [-0.2, 0) is 16.0 Å². The number of rotatable bonds is 10. The molecule has 1 atom stereocenters. The molecule has 8 nitrogen and oxygen atoms in total. The van der Waals surface area contributed by atoms with Crippen molar-refractivity contribution >= 4 is 27.5 Å². The molecule has 0 aliphatic rings. The first kappa shape index (κ1) is 24.5. The summed E-state index contributed by atoms with van der Waals surface area (Å²) in [6.07, 6.45) is -0.840. The number of carbonyl (C=O) groups is 1. The topological polar surface area (TPSA) is 105 Å². The average molecular weight is 440 g/mol. The number of aromatic amines is 1. The first-order valence-electron chi connectivity index (χ1n) is 10.3. The lowest BCUT2D eigenvalue weighted by molar-refractivity contribution is -0.0140. The Balaban J connectivity index is 2.26. The molecule has 0 aliphatic carbocycles. The molecule has 0 bridgehead atoms. The van der Waals surface area contributed by atoms with E-state index in [1.165, 1.54) is 11.3 Å². The van der Waals surface area contributed by atoms with E-state index in [1.807, 2.05) is 32.6 Å². The quantitative estimate of drug-likeness (QED) is 0.549. The van der Waals surface area contributed by atoms with Crippen LogP contribution in [0.2, 0.25) is 0 Å².